The summed E-state index contributed by atoms with van der Waals surface area (Å²) in [5.41, 5.74) is 0.772. The minimum Gasteiger partial charge on any atom is -0.486 e. The molecule has 6 nitrogen and oxygen atoms in total. The number of hydrogen-bond acceptors (Lipinski definition) is 4. The largest absolute Gasteiger partial charge is 0.486 e. The predicted molar refractivity (Wildman–Crippen MR) is 102 cm³/mol. The van der Waals surface area contributed by atoms with Crippen molar-refractivity contribution in [2.45, 2.75) is 45.1 Å². The van der Waals surface area contributed by atoms with E-state index in [1.54, 1.807) is 4.90 Å². The molecule has 1 aromatic carbocycles. The maximum atomic E-state index is 13.0. The first-order valence-corrected chi connectivity index (χ1v) is 10.0. The number of fused-ring (bicyclic) bond motifs is 1. The van der Waals surface area contributed by atoms with E-state index in [1.807, 2.05) is 30.1 Å². The number of ether oxygens (including phenoxy) is 2. The highest BCUT2D eigenvalue weighted by Gasteiger charge is 2.39. The summed E-state index contributed by atoms with van der Waals surface area (Å²) < 4.78 is 11.2. The summed E-state index contributed by atoms with van der Waals surface area (Å²) in [6.45, 7) is 3.71. The van der Waals surface area contributed by atoms with Gasteiger partial charge in [0.25, 0.3) is 0 Å². The molecule has 0 spiro atoms. The minimum atomic E-state index is -0.273. The van der Waals surface area contributed by atoms with Crippen molar-refractivity contribution >= 4 is 17.5 Å². The fourth-order valence-corrected chi connectivity index (χ4v) is 4.65. The zero-order chi connectivity index (χ0) is 19.0. The molecular formula is C21H28N2O4. The van der Waals surface area contributed by atoms with Crippen LogP contribution < -0.4 is 14.4 Å². The van der Waals surface area contributed by atoms with Crippen LogP contribution in [0.1, 0.15) is 39.0 Å². The normalized spacial score (nSPS) is 27.6. The molecule has 27 heavy (non-hydrogen) atoms. The number of benzene rings is 1. The lowest BCUT2D eigenvalue weighted by atomic mass is 9.84. The summed E-state index contributed by atoms with van der Waals surface area (Å²) >= 11 is 0. The number of carbonyl (C=O) groups is 2. The van der Waals surface area contributed by atoms with Crippen molar-refractivity contribution in [2.75, 3.05) is 31.7 Å². The number of hydrogen-bond donors (Lipinski definition) is 0. The van der Waals surface area contributed by atoms with Gasteiger partial charge in [-0.15, -0.1) is 0 Å². The Bertz CT molecular complexity index is 735. The Morgan fingerprint density at radius 2 is 1.89 bits per heavy atom. The van der Waals surface area contributed by atoms with E-state index in [2.05, 4.69) is 6.92 Å². The molecule has 2 aliphatic heterocycles. The molecule has 2 heterocycles. The molecule has 1 saturated heterocycles. The van der Waals surface area contributed by atoms with Crippen molar-refractivity contribution in [3.05, 3.63) is 18.2 Å². The van der Waals surface area contributed by atoms with Crippen LogP contribution in [-0.2, 0) is 9.59 Å². The smallest absolute Gasteiger partial charge is 0.228 e. The lowest BCUT2D eigenvalue weighted by Gasteiger charge is -2.37. The second-order valence-corrected chi connectivity index (χ2v) is 8.01. The lowest BCUT2D eigenvalue weighted by molar-refractivity contribution is -0.138. The van der Waals surface area contributed by atoms with Gasteiger partial charge in [0.05, 0.1) is 5.92 Å². The first-order chi connectivity index (χ1) is 13.0. The summed E-state index contributed by atoms with van der Waals surface area (Å²) in [7, 11) is 1.91. The molecule has 3 atom stereocenters. The Kier molecular flexibility index (Phi) is 4.98. The number of rotatable bonds is 3. The van der Waals surface area contributed by atoms with E-state index < -0.39 is 0 Å². The van der Waals surface area contributed by atoms with Crippen LogP contribution in [-0.4, -0.2) is 49.6 Å². The maximum Gasteiger partial charge on any atom is 0.228 e. The molecule has 4 rings (SSSR count). The van der Waals surface area contributed by atoms with Crippen molar-refractivity contribution in [3.63, 3.8) is 0 Å². The molecular weight excluding hydrogens is 344 g/mol. The van der Waals surface area contributed by atoms with Crippen molar-refractivity contribution in [1.82, 2.24) is 4.90 Å². The highest BCUT2D eigenvalue weighted by atomic mass is 16.6. The van der Waals surface area contributed by atoms with Gasteiger partial charge in [-0.25, -0.2) is 0 Å². The number of carbonyl (C=O) groups excluding carboxylic acids is 2. The van der Waals surface area contributed by atoms with Gasteiger partial charge >= 0.3 is 0 Å². The third-order valence-corrected chi connectivity index (χ3v) is 6.22. The first-order valence-electron chi connectivity index (χ1n) is 10.0. The Morgan fingerprint density at radius 3 is 2.67 bits per heavy atom. The molecule has 0 N–H and O–H groups in total. The van der Waals surface area contributed by atoms with Crippen molar-refractivity contribution < 1.29 is 19.1 Å². The Hall–Kier alpha value is -2.24. The van der Waals surface area contributed by atoms with Crippen LogP contribution in [0.25, 0.3) is 0 Å². The van der Waals surface area contributed by atoms with Gasteiger partial charge in [-0.1, -0.05) is 19.8 Å². The fraction of sp³-hybridized carbons (Fsp3) is 0.619. The van der Waals surface area contributed by atoms with Crippen LogP contribution in [0.2, 0.25) is 0 Å². The summed E-state index contributed by atoms with van der Waals surface area (Å²) in [5.74, 6) is 1.71. The predicted octanol–water partition coefficient (Wildman–Crippen LogP) is 2.85. The van der Waals surface area contributed by atoms with E-state index in [0.717, 1.165) is 12.1 Å². The molecule has 0 bridgehead atoms. The molecule has 1 saturated carbocycles. The third-order valence-electron chi connectivity index (χ3n) is 6.22. The fourth-order valence-electron chi connectivity index (χ4n) is 4.65. The molecule has 3 aliphatic rings. The summed E-state index contributed by atoms with van der Waals surface area (Å²) in [5, 5.41) is 0. The van der Waals surface area contributed by atoms with Crippen LogP contribution in [0, 0.1) is 11.8 Å². The number of anilines is 1. The van der Waals surface area contributed by atoms with E-state index in [-0.39, 0.29) is 24.2 Å². The Balaban J connectivity index is 1.46. The van der Waals surface area contributed by atoms with E-state index in [0.29, 0.717) is 43.2 Å². The number of amides is 2. The molecule has 2 fully saturated rings. The molecule has 1 aliphatic carbocycles. The first kappa shape index (κ1) is 18.1. The topological polar surface area (TPSA) is 59.1 Å². The number of nitrogens with zero attached hydrogens (tertiary/aromatic N) is 2. The monoisotopic (exact) mass is 372 g/mol. The van der Waals surface area contributed by atoms with Gasteiger partial charge in [-0.05, 0) is 30.9 Å². The van der Waals surface area contributed by atoms with Crippen molar-refractivity contribution in [3.8, 4) is 11.5 Å². The van der Waals surface area contributed by atoms with Crippen LogP contribution in [0.4, 0.5) is 5.69 Å². The summed E-state index contributed by atoms with van der Waals surface area (Å²) in [6, 6.07) is 5.84. The van der Waals surface area contributed by atoms with Crippen LogP contribution >= 0.6 is 0 Å². The minimum absolute atomic E-state index is 0.00452. The van der Waals surface area contributed by atoms with E-state index in [4.69, 9.17) is 9.47 Å². The molecule has 0 radical (unpaired) electrons. The second kappa shape index (κ2) is 7.41. The summed E-state index contributed by atoms with van der Waals surface area (Å²) in [6.07, 6.45) is 4.95. The van der Waals surface area contributed by atoms with E-state index in [1.165, 1.54) is 19.3 Å². The third kappa shape index (κ3) is 3.49. The zero-order valence-corrected chi connectivity index (χ0v) is 16.1. The molecule has 1 aromatic rings. The molecule has 0 aromatic heterocycles. The lowest BCUT2D eigenvalue weighted by Crippen LogP contribution is -2.45. The quantitative estimate of drug-likeness (QED) is 0.819. The molecule has 146 valence electrons. The van der Waals surface area contributed by atoms with Gasteiger partial charge in [-0.2, -0.15) is 0 Å². The van der Waals surface area contributed by atoms with Crippen LogP contribution in [0.3, 0.4) is 0 Å². The van der Waals surface area contributed by atoms with Gasteiger partial charge in [-0.3, -0.25) is 9.59 Å². The van der Waals surface area contributed by atoms with E-state index in [9.17, 15) is 9.59 Å². The highest BCUT2D eigenvalue weighted by molar-refractivity contribution is 6.00. The van der Waals surface area contributed by atoms with Crippen molar-refractivity contribution in [1.29, 1.82) is 0 Å². The summed E-state index contributed by atoms with van der Waals surface area (Å²) in [4.78, 5) is 29.3. The SMILES string of the molecule is CC1CCCCC1N(C)C(=O)C1CC(=O)N(c2ccc3c(c2)OCCO3)C1. The second-order valence-electron chi connectivity index (χ2n) is 8.01. The molecule has 6 heteroatoms. The molecule has 3 unspecified atom stereocenters. The van der Waals surface area contributed by atoms with Gasteiger partial charge in [0.2, 0.25) is 11.8 Å². The van der Waals surface area contributed by atoms with Gasteiger partial charge in [0.1, 0.15) is 13.2 Å². The average molecular weight is 372 g/mol. The van der Waals surface area contributed by atoms with Crippen molar-refractivity contribution in [2.24, 2.45) is 11.8 Å². The van der Waals surface area contributed by atoms with Crippen LogP contribution in [0.15, 0.2) is 18.2 Å². The maximum absolute atomic E-state index is 13.0. The Labute approximate surface area is 160 Å². The van der Waals surface area contributed by atoms with Gasteiger partial charge in [0.15, 0.2) is 11.5 Å². The van der Waals surface area contributed by atoms with E-state index >= 15 is 0 Å². The molecule has 2 amide bonds. The highest BCUT2D eigenvalue weighted by Crippen LogP contribution is 2.36. The van der Waals surface area contributed by atoms with Gasteiger partial charge < -0.3 is 19.3 Å². The van der Waals surface area contributed by atoms with Gasteiger partial charge in [0, 0.05) is 37.8 Å². The average Bonchev–Trinajstić information content (AvgIpc) is 3.08. The zero-order valence-electron chi connectivity index (χ0n) is 16.1. The standard InChI is InChI=1S/C21H28N2O4/c1-14-5-3-4-6-17(14)22(2)21(25)15-11-20(24)23(13-15)16-7-8-18-19(12-16)27-10-9-26-18/h7-8,12,14-15,17H,3-6,9-11,13H2,1-2H3. The Morgan fingerprint density at radius 1 is 1.15 bits per heavy atom. The van der Waals surface area contributed by atoms with Crippen LogP contribution in [0.5, 0.6) is 11.5 Å².